The zero-order chi connectivity index (χ0) is 29.1. The molecule has 8 nitrogen and oxygen atoms in total. The summed E-state index contributed by atoms with van der Waals surface area (Å²) in [7, 11) is 8.36. The number of hydrogen-bond donors (Lipinski definition) is 2. The van der Waals surface area contributed by atoms with Crippen molar-refractivity contribution < 1.29 is 18.9 Å². The molecule has 0 aromatic carbocycles. The number of likely N-dealkylation sites (N-methyl/N-ethyl adjacent to an activating group) is 2. The molecule has 0 spiro atoms. The molecule has 0 aliphatic heterocycles. The largest absolute Gasteiger partial charge is 0.436 e. The van der Waals surface area contributed by atoms with Crippen molar-refractivity contribution in [3.05, 3.63) is 11.6 Å². The van der Waals surface area contributed by atoms with Crippen LogP contribution in [0.15, 0.2) is 16.8 Å². The third kappa shape index (κ3) is 6.65. The van der Waals surface area contributed by atoms with Gasteiger partial charge in [-0.05, 0) is 93.6 Å². The van der Waals surface area contributed by atoms with E-state index in [1.165, 1.54) is 31.3 Å². The predicted molar refractivity (Wildman–Crippen MR) is 161 cm³/mol. The highest BCUT2D eigenvalue weighted by Gasteiger charge is 2.59. The third-order valence-electron chi connectivity index (χ3n) is 11.1. The van der Waals surface area contributed by atoms with E-state index in [1.54, 1.807) is 4.90 Å². The van der Waals surface area contributed by atoms with E-state index >= 15 is 0 Å². The Morgan fingerprint density at radius 2 is 1.82 bits per heavy atom. The van der Waals surface area contributed by atoms with E-state index < -0.39 is 0 Å². The fraction of sp³-hybridized carbons (Fsp3) is 0.844. The normalized spacial score (nSPS) is 34.0. The van der Waals surface area contributed by atoms with Crippen molar-refractivity contribution in [3.63, 3.8) is 0 Å². The maximum Gasteiger partial charge on any atom is 0.436 e. The van der Waals surface area contributed by atoms with Crippen molar-refractivity contribution in [2.75, 3.05) is 67.5 Å². The van der Waals surface area contributed by atoms with Crippen LogP contribution in [-0.4, -0.2) is 94.4 Å². The Bertz CT molecular complexity index is 988. The monoisotopic (exact) mass is 558 g/mol. The fourth-order valence-corrected chi connectivity index (χ4v) is 8.75. The number of nitrogens with zero attached hydrogens (tertiary/aromatic N) is 3. The lowest BCUT2D eigenvalue weighted by atomic mass is 9.46. The minimum atomic E-state index is -0.349. The molecule has 0 unspecified atom stereocenters. The first-order valence-electron chi connectivity index (χ1n) is 15.8. The molecule has 6 atom stereocenters. The number of ketones is 1. The number of rotatable bonds is 11. The second-order valence-electron chi connectivity index (χ2n) is 14.6. The van der Waals surface area contributed by atoms with Gasteiger partial charge in [0.2, 0.25) is 0 Å². The van der Waals surface area contributed by atoms with Crippen LogP contribution in [-0.2, 0) is 9.63 Å². The number of amides is 1. The van der Waals surface area contributed by atoms with Crippen molar-refractivity contribution in [2.45, 2.75) is 72.1 Å². The van der Waals surface area contributed by atoms with Crippen LogP contribution in [0.5, 0.6) is 0 Å². The molecule has 0 saturated heterocycles. The minimum Gasteiger partial charge on any atom is -0.329 e. The molecule has 0 bridgehead atoms. The Morgan fingerprint density at radius 3 is 2.55 bits per heavy atom. The van der Waals surface area contributed by atoms with Gasteiger partial charge in [-0.25, -0.2) is 4.79 Å². The van der Waals surface area contributed by atoms with E-state index in [0.717, 1.165) is 61.6 Å². The number of carbonyl (C=O) groups excluding carboxylic acids is 2. The first-order chi connectivity index (χ1) is 18.9. The van der Waals surface area contributed by atoms with Gasteiger partial charge in [0.1, 0.15) is 0 Å². The van der Waals surface area contributed by atoms with E-state index in [4.69, 9.17) is 4.84 Å². The number of oxime groups is 1. The molecule has 0 aromatic rings. The molecule has 0 heterocycles. The second-order valence-corrected chi connectivity index (χ2v) is 14.6. The summed E-state index contributed by atoms with van der Waals surface area (Å²) >= 11 is 0. The van der Waals surface area contributed by atoms with Gasteiger partial charge < -0.3 is 15.1 Å². The Hall–Kier alpha value is -1.77. The Balaban J connectivity index is 1.40. The highest BCUT2D eigenvalue weighted by molar-refractivity contribution is 5.91. The van der Waals surface area contributed by atoms with E-state index in [0.29, 0.717) is 43.0 Å². The summed E-state index contributed by atoms with van der Waals surface area (Å²) in [6.07, 6.45) is 10.4. The number of allylic oxidation sites excluding steroid dienone is 1. The molecule has 3 saturated carbocycles. The van der Waals surface area contributed by atoms with Gasteiger partial charge in [0.05, 0.1) is 39.9 Å². The Labute approximate surface area is 242 Å². The van der Waals surface area contributed by atoms with Gasteiger partial charge in [0.25, 0.3) is 0 Å². The fourth-order valence-electron chi connectivity index (χ4n) is 8.75. The van der Waals surface area contributed by atoms with E-state index in [1.807, 2.05) is 13.1 Å². The van der Waals surface area contributed by atoms with Gasteiger partial charge in [0, 0.05) is 38.5 Å². The standard InChI is InChI=1S/C32H56N5O3/c1-23(35-40-30(39)36(20-21-37(5,6)7)19-18-34-17-16-33-4)27-10-11-28-26-9-8-24-22-25(38)12-14-31(24,2)29(26)13-15-32(27,28)3/h22,26-29,33-34H,8-21H2,1-7H3/q+1/b35-23+/t26-,27+,28-,29-,31-,32+/m0/s1. The predicted octanol–water partition coefficient (Wildman–Crippen LogP) is 4.46. The lowest BCUT2D eigenvalue weighted by molar-refractivity contribution is -0.869. The molecule has 4 aliphatic carbocycles. The number of fused-ring (bicyclic) bond motifs is 5. The Morgan fingerprint density at radius 1 is 1.05 bits per heavy atom. The molecule has 0 aromatic heterocycles. The summed E-state index contributed by atoms with van der Waals surface area (Å²) in [6, 6.07) is 0. The zero-order valence-electron chi connectivity index (χ0n) is 26.4. The summed E-state index contributed by atoms with van der Waals surface area (Å²) in [6.45, 7) is 11.6. The molecule has 40 heavy (non-hydrogen) atoms. The molecule has 226 valence electrons. The number of quaternary nitrogens is 1. The summed E-state index contributed by atoms with van der Waals surface area (Å²) in [5, 5.41) is 11.0. The highest BCUT2D eigenvalue weighted by atomic mass is 16.7. The summed E-state index contributed by atoms with van der Waals surface area (Å²) < 4.78 is 0.788. The molecule has 1 amide bonds. The molecule has 2 N–H and O–H groups in total. The first-order valence-corrected chi connectivity index (χ1v) is 15.8. The van der Waals surface area contributed by atoms with Gasteiger partial charge in [-0.3, -0.25) is 14.5 Å². The molecule has 4 aliphatic rings. The minimum absolute atomic E-state index is 0.198. The van der Waals surface area contributed by atoms with E-state index in [2.05, 4.69) is 57.7 Å². The van der Waals surface area contributed by atoms with Crippen molar-refractivity contribution in [1.29, 1.82) is 0 Å². The van der Waals surface area contributed by atoms with Crippen molar-refractivity contribution >= 4 is 17.6 Å². The Kier molecular flexibility index (Phi) is 9.83. The SMILES string of the molecule is CNCCNCCN(CC[N+](C)(C)C)C(=O)O/N=C(\C)[C@H]1CC[C@H]2[C@@H]3CCC4=CC(=O)CC[C@]4(C)[C@H]3CC[C@]12C. The van der Waals surface area contributed by atoms with Gasteiger partial charge in [-0.15, -0.1) is 0 Å². The van der Waals surface area contributed by atoms with Crippen LogP contribution in [0, 0.1) is 34.5 Å². The number of carbonyl (C=O) groups is 2. The lowest BCUT2D eigenvalue weighted by Crippen LogP contribution is -2.51. The zero-order valence-corrected chi connectivity index (χ0v) is 26.4. The van der Waals surface area contributed by atoms with Gasteiger partial charge in [-0.2, -0.15) is 0 Å². The van der Waals surface area contributed by atoms with Gasteiger partial charge in [-0.1, -0.05) is 24.6 Å². The maximum atomic E-state index is 13.2. The second kappa shape index (κ2) is 12.6. The number of hydrogen-bond acceptors (Lipinski definition) is 6. The lowest BCUT2D eigenvalue weighted by Gasteiger charge is -2.58. The molecule has 3 fully saturated rings. The average Bonchev–Trinajstić information content (AvgIpc) is 3.26. The van der Waals surface area contributed by atoms with Crippen LogP contribution in [0.25, 0.3) is 0 Å². The van der Waals surface area contributed by atoms with E-state index in [-0.39, 0.29) is 16.9 Å². The molecule has 8 heteroatoms. The third-order valence-corrected chi connectivity index (χ3v) is 11.1. The van der Waals surface area contributed by atoms with Gasteiger partial charge in [0.15, 0.2) is 5.78 Å². The molecule has 0 radical (unpaired) electrons. The summed E-state index contributed by atoms with van der Waals surface area (Å²) in [4.78, 5) is 32.8. The molecular weight excluding hydrogens is 502 g/mol. The van der Waals surface area contributed by atoms with Crippen LogP contribution in [0.2, 0.25) is 0 Å². The first kappa shape index (κ1) is 31.2. The van der Waals surface area contributed by atoms with Crippen LogP contribution in [0.1, 0.15) is 72.1 Å². The van der Waals surface area contributed by atoms with Crippen LogP contribution < -0.4 is 10.6 Å². The topological polar surface area (TPSA) is 83.0 Å². The van der Waals surface area contributed by atoms with Crippen molar-refractivity contribution in [3.8, 4) is 0 Å². The van der Waals surface area contributed by atoms with Crippen LogP contribution in [0.4, 0.5) is 4.79 Å². The van der Waals surface area contributed by atoms with Crippen LogP contribution in [0.3, 0.4) is 0 Å². The number of nitrogens with one attached hydrogen (secondary N) is 2. The molecule has 4 rings (SSSR count). The van der Waals surface area contributed by atoms with Crippen LogP contribution >= 0.6 is 0 Å². The average molecular weight is 559 g/mol. The quantitative estimate of drug-likeness (QED) is 0.129. The van der Waals surface area contributed by atoms with Crippen molar-refractivity contribution in [2.24, 2.45) is 39.7 Å². The maximum absolute atomic E-state index is 13.2. The highest BCUT2D eigenvalue weighted by Crippen LogP contribution is 2.66. The molecular formula is C32H56N5O3+. The van der Waals surface area contributed by atoms with Crippen molar-refractivity contribution in [1.82, 2.24) is 15.5 Å². The summed E-state index contributed by atoms with van der Waals surface area (Å²) in [5.41, 5.74) is 2.80. The smallest absolute Gasteiger partial charge is 0.329 e. The summed E-state index contributed by atoms with van der Waals surface area (Å²) in [5.74, 6) is 2.76. The van der Waals surface area contributed by atoms with Gasteiger partial charge >= 0.3 is 6.09 Å². The van der Waals surface area contributed by atoms with E-state index in [9.17, 15) is 9.59 Å².